The molecule has 1 aromatic rings. The van der Waals surface area contributed by atoms with Gasteiger partial charge in [-0.2, -0.15) is 0 Å². The topological polar surface area (TPSA) is 24.5 Å². The molecule has 0 saturated carbocycles. The van der Waals surface area contributed by atoms with Crippen molar-refractivity contribution in [1.29, 1.82) is 0 Å². The predicted octanol–water partition coefficient (Wildman–Crippen LogP) is 2.29. The highest BCUT2D eigenvalue weighted by Crippen LogP contribution is 2.17. The van der Waals surface area contributed by atoms with E-state index in [-0.39, 0.29) is 0 Å². The molecule has 0 amide bonds. The maximum Gasteiger partial charge on any atom is 0.123 e. The fraction of sp³-hybridized carbons (Fsp3) is 0.467. The number of nitrogens with zero attached hydrogens (tertiary/aromatic N) is 1. The number of rotatable bonds is 9. The second kappa shape index (κ2) is 8.72. The van der Waals surface area contributed by atoms with Crippen LogP contribution in [0.5, 0.6) is 5.75 Å². The van der Waals surface area contributed by atoms with Gasteiger partial charge >= 0.3 is 0 Å². The van der Waals surface area contributed by atoms with Gasteiger partial charge in [0.05, 0.1) is 0 Å². The zero-order chi connectivity index (χ0) is 13.2. The summed E-state index contributed by atoms with van der Waals surface area (Å²) >= 11 is 0. The van der Waals surface area contributed by atoms with Crippen molar-refractivity contribution in [2.45, 2.75) is 13.5 Å². The van der Waals surface area contributed by atoms with Gasteiger partial charge in [0.15, 0.2) is 0 Å². The lowest BCUT2D eigenvalue weighted by molar-refractivity contribution is 0.248. The Hall–Kier alpha value is -1.32. The van der Waals surface area contributed by atoms with E-state index >= 15 is 0 Å². The molecule has 0 fully saturated rings. The number of para-hydroxylation sites is 1. The van der Waals surface area contributed by atoms with Gasteiger partial charge in [-0.25, -0.2) is 0 Å². The van der Waals surface area contributed by atoms with E-state index < -0.39 is 0 Å². The van der Waals surface area contributed by atoms with Gasteiger partial charge in [0.25, 0.3) is 0 Å². The third-order valence-corrected chi connectivity index (χ3v) is 2.71. The predicted molar refractivity (Wildman–Crippen MR) is 77.0 cm³/mol. The van der Waals surface area contributed by atoms with Crippen LogP contribution in [0.3, 0.4) is 0 Å². The fourth-order valence-electron chi connectivity index (χ4n) is 1.67. The standard InChI is InChI=1S/C15H24N2O/c1-4-10-17(3)11-12-18-15-9-7-6-8-14(15)13-16-5-2/h4,6-9,16H,1,5,10-13H2,2-3H3. The summed E-state index contributed by atoms with van der Waals surface area (Å²) in [5.74, 6) is 0.977. The monoisotopic (exact) mass is 248 g/mol. The van der Waals surface area contributed by atoms with Gasteiger partial charge in [-0.1, -0.05) is 31.2 Å². The Balaban J connectivity index is 2.43. The maximum atomic E-state index is 5.84. The third-order valence-electron chi connectivity index (χ3n) is 2.71. The van der Waals surface area contributed by atoms with Crippen LogP contribution in [-0.2, 0) is 6.54 Å². The molecule has 0 saturated heterocycles. The Labute approximate surface area is 110 Å². The lowest BCUT2D eigenvalue weighted by Crippen LogP contribution is -2.24. The minimum Gasteiger partial charge on any atom is -0.492 e. The molecule has 0 spiro atoms. The summed E-state index contributed by atoms with van der Waals surface area (Å²) in [6, 6.07) is 8.19. The number of hydrogen-bond acceptors (Lipinski definition) is 3. The van der Waals surface area contributed by atoms with E-state index in [0.717, 1.165) is 31.9 Å². The summed E-state index contributed by atoms with van der Waals surface area (Å²) in [7, 11) is 2.07. The van der Waals surface area contributed by atoms with E-state index in [1.807, 2.05) is 24.3 Å². The zero-order valence-electron chi connectivity index (χ0n) is 11.5. The average molecular weight is 248 g/mol. The summed E-state index contributed by atoms with van der Waals surface area (Å²) < 4.78 is 5.84. The van der Waals surface area contributed by atoms with E-state index in [1.54, 1.807) is 0 Å². The molecule has 100 valence electrons. The highest BCUT2D eigenvalue weighted by molar-refractivity contribution is 5.33. The zero-order valence-corrected chi connectivity index (χ0v) is 11.5. The molecule has 0 aliphatic rings. The molecule has 3 heteroatoms. The Morgan fingerprint density at radius 2 is 2.17 bits per heavy atom. The van der Waals surface area contributed by atoms with Crippen LogP contribution >= 0.6 is 0 Å². The molecule has 1 rings (SSSR count). The number of benzene rings is 1. The van der Waals surface area contributed by atoms with Crippen molar-refractivity contribution in [3.05, 3.63) is 42.5 Å². The molecule has 1 N–H and O–H groups in total. The van der Waals surface area contributed by atoms with Crippen molar-refractivity contribution in [3.8, 4) is 5.75 Å². The molecule has 0 radical (unpaired) electrons. The summed E-state index contributed by atoms with van der Waals surface area (Å²) in [6.45, 7) is 10.2. The Morgan fingerprint density at radius 3 is 2.89 bits per heavy atom. The minimum atomic E-state index is 0.702. The largest absolute Gasteiger partial charge is 0.492 e. The molecule has 0 unspecified atom stereocenters. The van der Waals surface area contributed by atoms with Crippen molar-refractivity contribution >= 4 is 0 Å². The Kier molecular flexibility index (Phi) is 7.14. The van der Waals surface area contributed by atoms with Crippen LogP contribution in [-0.4, -0.2) is 38.2 Å². The first kappa shape index (κ1) is 14.7. The molecule has 3 nitrogen and oxygen atoms in total. The first-order chi connectivity index (χ1) is 8.77. The Bertz CT molecular complexity index is 352. The van der Waals surface area contributed by atoms with Crippen LogP contribution in [0.1, 0.15) is 12.5 Å². The number of likely N-dealkylation sites (N-methyl/N-ethyl adjacent to an activating group) is 1. The van der Waals surface area contributed by atoms with Gasteiger partial charge in [-0.3, -0.25) is 4.90 Å². The van der Waals surface area contributed by atoms with Gasteiger partial charge in [0, 0.05) is 25.2 Å². The van der Waals surface area contributed by atoms with E-state index in [9.17, 15) is 0 Å². The van der Waals surface area contributed by atoms with Crippen molar-refractivity contribution in [1.82, 2.24) is 10.2 Å². The van der Waals surface area contributed by atoms with E-state index in [1.165, 1.54) is 5.56 Å². The van der Waals surface area contributed by atoms with Crippen molar-refractivity contribution in [2.75, 3.05) is 33.3 Å². The second-order valence-electron chi connectivity index (χ2n) is 4.29. The average Bonchev–Trinajstić information content (AvgIpc) is 2.38. The van der Waals surface area contributed by atoms with Gasteiger partial charge in [-0.15, -0.1) is 6.58 Å². The second-order valence-corrected chi connectivity index (χ2v) is 4.29. The van der Waals surface area contributed by atoms with Gasteiger partial charge in [-0.05, 0) is 19.7 Å². The highest BCUT2D eigenvalue weighted by atomic mass is 16.5. The maximum absolute atomic E-state index is 5.84. The molecular weight excluding hydrogens is 224 g/mol. The minimum absolute atomic E-state index is 0.702. The first-order valence-corrected chi connectivity index (χ1v) is 6.48. The smallest absolute Gasteiger partial charge is 0.123 e. The van der Waals surface area contributed by atoms with Crippen molar-refractivity contribution in [2.24, 2.45) is 0 Å². The molecular formula is C15H24N2O. The lowest BCUT2D eigenvalue weighted by Gasteiger charge is -2.16. The fourth-order valence-corrected chi connectivity index (χ4v) is 1.67. The van der Waals surface area contributed by atoms with Gasteiger partial charge < -0.3 is 10.1 Å². The Morgan fingerprint density at radius 1 is 1.39 bits per heavy atom. The summed E-state index contributed by atoms with van der Waals surface area (Å²) in [5.41, 5.74) is 1.21. The van der Waals surface area contributed by atoms with Gasteiger partial charge in [0.2, 0.25) is 0 Å². The SMILES string of the molecule is C=CCN(C)CCOc1ccccc1CNCC. The highest BCUT2D eigenvalue weighted by Gasteiger charge is 2.02. The first-order valence-electron chi connectivity index (χ1n) is 6.48. The van der Waals surface area contributed by atoms with Crippen LogP contribution < -0.4 is 10.1 Å². The molecule has 0 atom stereocenters. The third kappa shape index (κ3) is 5.34. The molecule has 0 aliphatic carbocycles. The van der Waals surface area contributed by atoms with Crippen LogP contribution in [0.2, 0.25) is 0 Å². The lowest BCUT2D eigenvalue weighted by atomic mass is 10.2. The van der Waals surface area contributed by atoms with Gasteiger partial charge in [0.1, 0.15) is 12.4 Å². The molecule has 0 bridgehead atoms. The molecule has 0 aromatic heterocycles. The van der Waals surface area contributed by atoms with Crippen LogP contribution in [0, 0.1) is 0 Å². The molecule has 18 heavy (non-hydrogen) atoms. The summed E-state index contributed by atoms with van der Waals surface area (Å²) in [6.07, 6.45) is 1.90. The quantitative estimate of drug-likeness (QED) is 0.679. The van der Waals surface area contributed by atoms with E-state index in [2.05, 4.69) is 36.8 Å². The summed E-state index contributed by atoms with van der Waals surface area (Å²) in [5, 5.41) is 3.32. The number of nitrogens with one attached hydrogen (secondary N) is 1. The van der Waals surface area contributed by atoms with Crippen molar-refractivity contribution < 1.29 is 4.74 Å². The van der Waals surface area contributed by atoms with Crippen LogP contribution in [0.25, 0.3) is 0 Å². The van der Waals surface area contributed by atoms with Crippen LogP contribution in [0.15, 0.2) is 36.9 Å². The van der Waals surface area contributed by atoms with E-state index in [4.69, 9.17) is 4.74 Å². The van der Waals surface area contributed by atoms with Crippen LogP contribution in [0.4, 0.5) is 0 Å². The number of ether oxygens (including phenoxy) is 1. The van der Waals surface area contributed by atoms with E-state index in [0.29, 0.717) is 6.61 Å². The molecule has 0 heterocycles. The van der Waals surface area contributed by atoms with Crippen molar-refractivity contribution in [3.63, 3.8) is 0 Å². The number of hydrogen-bond donors (Lipinski definition) is 1. The molecule has 1 aromatic carbocycles. The normalized spacial score (nSPS) is 10.6. The molecule has 0 aliphatic heterocycles. The summed E-state index contributed by atoms with van der Waals surface area (Å²) in [4.78, 5) is 2.18.